The standard InChI is InChI=1S/C13H14F2N2O5/c1-7(10(18)17-13(20)16-2)21-11(19)8-4-3-5-9(6-8)22-12(14)15/h3-7,12H,1-2H3,(H2,16,17,18,20). The second kappa shape index (κ2) is 7.91. The number of carbonyl (C=O) groups is 3. The lowest BCUT2D eigenvalue weighted by atomic mass is 10.2. The average Bonchev–Trinajstić information content (AvgIpc) is 2.46. The molecule has 1 aromatic rings. The largest absolute Gasteiger partial charge is 0.449 e. The van der Waals surface area contributed by atoms with Crippen LogP contribution < -0.4 is 15.4 Å². The summed E-state index contributed by atoms with van der Waals surface area (Å²) < 4.78 is 33.2. The number of imide groups is 1. The van der Waals surface area contributed by atoms with E-state index in [9.17, 15) is 23.2 Å². The molecule has 0 radical (unpaired) electrons. The molecule has 0 aliphatic heterocycles. The number of amides is 3. The van der Waals surface area contributed by atoms with Crippen LogP contribution in [0.25, 0.3) is 0 Å². The highest BCUT2D eigenvalue weighted by atomic mass is 19.3. The summed E-state index contributed by atoms with van der Waals surface area (Å²) in [4.78, 5) is 34.3. The zero-order valence-corrected chi connectivity index (χ0v) is 11.8. The van der Waals surface area contributed by atoms with Gasteiger partial charge in [-0.15, -0.1) is 0 Å². The average molecular weight is 316 g/mol. The molecule has 7 nitrogen and oxygen atoms in total. The van der Waals surface area contributed by atoms with Gasteiger partial charge in [0.05, 0.1) is 5.56 Å². The fourth-order valence-corrected chi connectivity index (χ4v) is 1.36. The predicted molar refractivity (Wildman–Crippen MR) is 70.5 cm³/mol. The van der Waals surface area contributed by atoms with Crippen LogP contribution in [0.4, 0.5) is 13.6 Å². The molecule has 120 valence electrons. The first-order chi connectivity index (χ1) is 10.3. The SMILES string of the molecule is CNC(=O)NC(=O)C(C)OC(=O)c1cccc(OC(F)F)c1. The van der Waals surface area contributed by atoms with Crippen LogP contribution in [0.1, 0.15) is 17.3 Å². The number of rotatable bonds is 5. The number of carbonyl (C=O) groups excluding carboxylic acids is 3. The number of hydrogen-bond acceptors (Lipinski definition) is 5. The summed E-state index contributed by atoms with van der Waals surface area (Å²) in [5.74, 6) is -1.96. The van der Waals surface area contributed by atoms with Crippen LogP contribution in [0.2, 0.25) is 0 Å². The molecule has 1 rings (SSSR count). The molecule has 3 amide bonds. The van der Waals surface area contributed by atoms with E-state index in [2.05, 4.69) is 10.1 Å². The summed E-state index contributed by atoms with van der Waals surface area (Å²) in [5, 5.41) is 4.10. The normalized spacial score (nSPS) is 11.5. The van der Waals surface area contributed by atoms with Crippen LogP contribution in [0.15, 0.2) is 24.3 Å². The summed E-state index contributed by atoms with van der Waals surface area (Å²) in [6.07, 6.45) is -1.25. The lowest BCUT2D eigenvalue weighted by Crippen LogP contribution is -2.43. The van der Waals surface area contributed by atoms with E-state index in [4.69, 9.17) is 4.74 Å². The molecule has 0 aromatic heterocycles. The molecule has 0 saturated heterocycles. The van der Waals surface area contributed by atoms with Gasteiger partial charge in [0.1, 0.15) is 5.75 Å². The van der Waals surface area contributed by atoms with Crippen LogP contribution in [-0.4, -0.2) is 37.7 Å². The van der Waals surface area contributed by atoms with Gasteiger partial charge in [-0.1, -0.05) is 6.07 Å². The Hall–Kier alpha value is -2.71. The molecule has 0 bridgehead atoms. The van der Waals surface area contributed by atoms with E-state index in [0.717, 1.165) is 6.07 Å². The van der Waals surface area contributed by atoms with Crippen molar-refractivity contribution in [2.75, 3.05) is 7.05 Å². The van der Waals surface area contributed by atoms with Crippen molar-refractivity contribution in [2.45, 2.75) is 19.6 Å². The minimum atomic E-state index is -3.02. The lowest BCUT2D eigenvalue weighted by molar-refractivity contribution is -0.127. The fraction of sp³-hybridized carbons (Fsp3) is 0.308. The van der Waals surface area contributed by atoms with Gasteiger partial charge in [0.2, 0.25) is 0 Å². The Kier molecular flexibility index (Phi) is 6.24. The highest BCUT2D eigenvalue weighted by molar-refractivity contribution is 5.98. The molecule has 9 heteroatoms. The van der Waals surface area contributed by atoms with E-state index in [0.29, 0.717) is 0 Å². The predicted octanol–water partition coefficient (Wildman–Crippen LogP) is 1.29. The topological polar surface area (TPSA) is 93.7 Å². The minimum absolute atomic E-state index is 0.0715. The zero-order valence-electron chi connectivity index (χ0n) is 11.8. The smallest absolute Gasteiger partial charge is 0.387 e. The van der Waals surface area contributed by atoms with Crippen molar-refractivity contribution in [3.8, 4) is 5.75 Å². The van der Waals surface area contributed by atoms with Crippen molar-refractivity contribution >= 4 is 17.9 Å². The van der Waals surface area contributed by atoms with E-state index in [1.165, 1.54) is 32.2 Å². The highest BCUT2D eigenvalue weighted by Gasteiger charge is 2.20. The van der Waals surface area contributed by atoms with Gasteiger partial charge in [0.15, 0.2) is 6.10 Å². The molecule has 1 unspecified atom stereocenters. The third-order valence-corrected chi connectivity index (χ3v) is 2.41. The maximum absolute atomic E-state index is 12.1. The second-order valence-electron chi connectivity index (χ2n) is 4.02. The van der Waals surface area contributed by atoms with Crippen molar-refractivity contribution in [3.63, 3.8) is 0 Å². The zero-order chi connectivity index (χ0) is 16.7. The van der Waals surface area contributed by atoms with Crippen molar-refractivity contribution in [1.29, 1.82) is 0 Å². The first kappa shape index (κ1) is 17.3. The molecule has 0 saturated carbocycles. The Bertz CT molecular complexity index is 565. The van der Waals surface area contributed by atoms with E-state index in [1.807, 2.05) is 5.32 Å². The number of urea groups is 1. The lowest BCUT2D eigenvalue weighted by Gasteiger charge is -2.13. The monoisotopic (exact) mass is 316 g/mol. The fourth-order valence-electron chi connectivity index (χ4n) is 1.36. The molecule has 0 spiro atoms. The Labute approximate surface area is 124 Å². The minimum Gasteiger partial charge on any atom is -0.449 e. The van der Waals surface area contributed by atoms with Gasteiger partial charge in [-0.3, -0.25) is 10.1 Å². The van der Waals surface area contributed by atoms with Gasteiger partial charge in [-0.2, -0.15) is 8.78 Å². The molecule has 22 heavy (non-hydrogen) atoms. The van der Waals surface area contributed by atoms with Crippen molar-refractivity contribution < 1.29 is 32.6 Å². The second-order valence-corrected chi connectivity index (χ2v) is 4.02. The van der Waals surface area contributed by atoms with Crippen LogP contribution in [0.3, 0.4) is 0 Å². The Morgan fingerprint density at radius 2 is 1.91 bits per heavy atom. The third kappa shape index (κ3) is 5.35. The summed E-state index contributed by atoms with van der Waals surface area (Å²) in [7, 11) is 1.31. The van der Waals surface area contributed by atoms with Gasteiger partial charge in [-0.25, -0.2) is 9.59 Å². The molecule has 0 aliphatic rings. The number of halogens is 2. The van der Waals surface area contributed by atoms with Gasteiger partial charge in [-0.05, 0) is 25.1 Å². The summed E-state index contributed by atoms with van der Waals surface area (Å²) in [5.41, 5.74) is -0.0715. The molecular weight excluding hydrogens is 302 g/mol. The van der Waals surface area contributed by atoms with Crippen molar-refractivity contribution in [1.82, 2.24) is 10.6 Å². The molecule has 0 heterocycles. The van der Waals surface area contributed by atoms with E-state index < -0.39 is 30.6 Å². The van der Waals surface area contributed by atoms with Crippen molar-refractivity contribution in [2.24, 2.45) is 0 Å². The van der Waals surface area contributed by atoms with Crippen LogP contribution in [0.5, 0.6) is 5.75 Å². The number of esters is 1. The number of ether oxygens (including phenoxy) is 2. The Balaban J connectivity index is 2.68. The number of alkyl halides is 2. The Morgan fingerprint density at radius 1 is 1.23 bits per heavy atom. The van der Waals surface area contributed by atoms with E-state index in [-0.39, 0.29) is 11.3 Å². The van der Waals surface area contributed by atoms with E-state index in [1.54, 1.807) is 0 Å². The molecule has 1 atom stereocenters. The third-order valence-electron chi connectivity index (χ3n) is 2.41. The van der Waals surface area contributed by atoms with Crippen LogP contribution in [-0.2, 0) is 9.53 Å². The number of benzene rings is 1. The molecular formula is C13H14F2N2O5. The van der Waals surface area contributed by atoms with Crippen LogP contribution >= 0.6 is 0 Å². The van der Waals surface area contributed by atoms with Gasteiger partial charge >= 0.3 is 18.6 Å². The molecule has 1 aromatic carbocycles. The van der Waals surface area contributed by atoms with Gasteiger partial charge in [0.25, 0.3) is 5.91 Å². The van der Waals surface area contributed by atoms with Crippen LogP contribution in [0, 0.1) is 0 Å². The quantitative estimate of drug-likeness (QED) is 0.798. The molecule has 0 fully saturated rings. The van der Waals surface area contributed by atoms with Gasteiger partial charge < -0.3 is 14.8 Å². The first-order valence-corrected chi connectivity index (χ1v) is 6.12. The maximum Gasteiger partial charge on any atom is 0.387 e. The summed E-state index contributed by atoms with van der Waals surface area (Å²) >= 11 is 0. The maximum atomic E-state index is 12.1. The van der Waals surface area contributed by atoms with Crippen molar-refractivity contribution in [3.05, 3.63) is 29.8 Å². The van der Waals surface area contributed by atoms with E-state index >= 15 is 0 Å². The molecule has 2 N–H and O–H groups in total. The first-order valence-electron chi connectivity index (χ1n) is 6.12. The number of hydrogen-bond donors (Lipinski definition) is 2. The highest BCUT2D eigenvalue weighted by Crippen LogP contribution is 2.17. The molecule has 0 aliphatic carbocycles. The summed E-state index contributed by atoms with van der Waals surface area (Å²) in [6.45, 7) is -1.76. The van der Waals surface area contributed by atoms with Gasteiger partial charge in [0, 0.05) is 7.05 Å². The Morgan fingerprint density at radius 3 is 2.50 bits per heavy atom. The summed E-state index contributed by atoms with van der Waals surface area (Å²) in [6, 6.07) is 4.18. The number of nitrogens with one attached hydrogen (secondary N) is 2.